The molecule has 3 aliphatic rings. The van der Waals surface area contributed by atoms with Crippen LogP contribution in [0, 0.1) is 0 Å². The Bertz CT molecular complexity index is 964. The Hall–Kier alpha value is -2.43. The Labute approximate surface area is 159 Å². The van der Waals surface area contributed by atoms with E-state index in [4.69, 9.17) is 0 Å². The molecule has 27 heavy (non-hydrogen) atoms. The highest BCUT2D eigenvalue weighted by Crippen LogP contribution is 2.38. The van der Waals surface area contributed by atoms with Gasteiger partial charge in [0.2, 0.25) is 0 Å². The molecule has 1 aromatic heterocycles. The summed E-state index contributed by atoms with van der Waals surface area (Å²) in [6, 6.07) is 7.00. The normalized spacial score (nSPS) is 22.0. The van der Waals surface area contributed by atoms with Crippen molar-refractivity contribution < 1.29 is 4.79 Å². The minimum atomic E-state index is 0.176. The van der Waals surface area contributed by atoms with Gasteiger partial charge in [0, 0.05) is 29.7 Å². The quantitative estimate of drug-likeness (QED) is 0.820. The second kappa shape index (κ2) is 6.32. The number of hydrogen-bond donors (Lipinski definition) is 0. The van der Waals surface area contributed by atoms with Gasteiger partial charge < -0.3 is 4.90 Å². The fourth-order valence-electron chi connectivity index (χ4n) is 4.62. The van der Waals surface area contributed by atoms with Crippen LogP contribution in [-0.2, 0) is 0 Å². The first-order valence-electron chi connectivity index (χ1n) is 10.1. The summed E-state index contributed by atoms with van der Waals surface area (Å²) in [5.41, 5.74) is 4.69. The first-order chi connectivity index (χ1) is 13.1. The monoisotopic (exact) mass is 362 g/mol. The Kier molecular flexibility index (Phi) is 3.92. The number of fused-ring (bicyclic) bond motifs is 1. The highest BCUT2D eigenvalue weighted by atomic mass is 16.2. The zero-order valence-electron chi connectivity index (χ0n) is 16.1. The second-order valence-corrected chi connectivity index (χ2v) is 8.36. The third-order valence-corrected chi connectivity index (χ3v) is 6.15. The van der Waals surface area contributed by atoms with Crippen LogP contribution < -0.4 is 0 Å². The first kappa shape index (κ1) is 16.7. The van der Waals surface area contributed by atoms with Crippen LogP contribution in [0.3, 0.4) is 0 Å². The lowest BCUT2D eigenvalue weighted by molar-refractivity contribution is 0.0647. The largest absolute Gasteiger partial charge is 0.332 e. The maximum Gasteiger partial charge on any atom is 0.255 e. The lowest BCUT2D eigenvalue weighted by Crippen LogP contribution is -2.43. The van der Waals surface area contributed by atoms with Gasteiger partial charge in [-0.15, -0.1) is 0 Å². The first-order valence-corrected chi connectivity index (χ1v) is 10.1. The van der Waals surface area contributed by atoms with E-state index in [0.717, 1.165) is 55.1 Å². The van der Waals surface area contributed by atoms with Crippen molar-refractivity contribution in [1.29, 1.82) is 0 Å². The SMILES string of the molecule is CC(C)n1ncc2c(C(=O)N(C3CC3)C3CCC4=C(C=NC4)C3)cccc21. The Morgan fingerprint density at radius 2 is 2.07 bits per heavy atom. The molecule has 1 atom stereocenters. The van der Waals surface area contributed by atoms with E-state index in [2.05, 4.69) is 34.9 Å². The van der Waals surface area contributed by atoms with Crippen LogP contribution in [0.5, 0.6) is 0 Å². The minimum absolute atomic E-state index is 0.176. The van der Waals surface area contributed by atoms with Gasteiger partial charge in [-0.25, -0.2) is 0 Å². The van der Waals surface area contributed by atoms with Crippen molar-refractivity contribution in [2.75, 3.05) is 6.54 Å². The molecule has 5 nitrogen and oxygen atoms in total. The number of amides is 1. The maximum atomic E-state index is 13.7. The van der Waals surface area contributed by atoms with Crippen LogP contribution >= 0.6 is 0 Å². The number of rotatable bonds is 4. The van der Waals surface area contributed by atoms with Crippen molar-refractivity contribution in [2.24, 2.45) is 4.99 Å². The minimum Gasteiger partial charge on any atom is -0.332 e. The fraction of sp³-hybridized carbons (Fsp3) is 0.500. The summed E-state index contributed by atoms with van der Waals surface area (Å²) in [6.07, 6.45) is 9.25. The molecule has 1 fully saturated rings. The van der Waals surface area contributed by atoms with E-state index in [1.165, 1.54) is 11.1 Å². The molecule has 5 rings (SSSR count). The van der Waals surface area contributed by atoms with E-state index in [1.54, 1.807) is 0 Å². The van der Waals surface area contributed by atoms with Crippen molar-refractivity contribution >= 4 is 23.0 Å². The van der Waals surface area contributed by atoms with Gasteiger partial charge in [0.1, 0.15) is 0 Å². The summed E-state index contributed by atoms with van der Waals surface area (Å²) in [6.45, 7) is 5.11. The van der Waals surface area contributed by atoms with Gasteiger partial charge in [-0.1, -0.05) is 6.07 Å². The Balaban J connectivity index is 1.50. The summed E-state index contributed by atoms with van der Waals surface area (Å²) in [7, 11) is 0. The Morgan fingerprint density at radius 3 is 2.85 bits per heavy atom. The van der Waals surface area contributed by atoms with Crippen LogP contribution in [0.25, 0.3) is 10.9 Å². The molecule has 1 aromatic carbocycles. The molecule has 2 heterocycles. The van der Waals surface area contributed by atoms with Gasteiger partial charge in [-0.05, 0) is 69.2 Å². The second-order valence-electron chi connectivity index (χ2n) is 8.36. The van der Waals surface area contributed by atoms with Crippen LogP contribution in [0.4, 0.5) is 0 Å². The van der Waals surface area contributed by atoms with Crippen LogP contribution in [0.2, 0.25) is 0 Å². The molecule has 0 radical (unpaired) electrons. The highest BCUT2D eigenvalue weighted by Gasteiger charge is 2.40. The van der Waals surface area contributed by atoms with E-state index in [1.807, 2.05) is 29.2 Å². The van der Waals surface area contributed by atoms with E-state index in [-0.39, 0.29) is 11.9 Å². The summed E-state index contributed by atoms with van der Waals surface area (Å²) in [5, 5.41) is 5.51. The van der Waals surface area contributed by atoms with Crippen molar-refractivity contribution in [1.82, 2.24) is 14.7 Å². The van der Waals surface area contributed by atoms with E-state index in [9.17, 15) is 4.79 Å². The number of benzene rings is 1. The highest BCUT2D eigenvalue weighted by molar-refractivity contribution is 6.06. The van der Waals surface area contributed by atoms with Gasteiger partial charge in [0.25, 0.3) is 5.91 Å². The van der Waals surface area contributed by atoms with E-state index >= 15 is 0 Å². The molecule has 0 saturated heterocycles. The van der Waals surface area contributed by atoms with E-state index in [0.29, 0.717) is 12.1 Å². The van der Waals surface area contributed by atoms with Gasteiger partial charge in [-0.2, -0.15) is 5.10 Å². The smallest absolute Gasteiger partial charge is 0.255 e. The van der Waals surface area contributed by atoms with Crippen LogP contribution in [-0.4, -0.2) is 45.4 Å². The number of carbonyl (C=O) groups excluding carboxylic acids is 1. The van der Waals surface area contributed by atoms with Crippen molar-refractivity contribution in [3.8, 4) is 0 Å². The molecule has 1 unspecified atom stereocenters. The predicted molar refractivity (Wildman–Crippen MR) is 107 cm³/mol. The topological polar surface area (TPSA) is 50.5 Å². The molecule has 1 amide bonds. The van der Waals surface area contributed by atoms with Crippen molar-refractivity contribution in [3.05, 3.63) is 41.1 Å². The van der Waals surface area contributed by atoms with Gasteiger partial charge >= 0.3 is 0 Å². The van der Waals surface area contributed by atoms with Crippen molar-refractivity contribution in [3.63, 3.8) is 0 Å². The molecule has 2 aliphatic carbocycles. The third-order valence-electron chi connectivity index (χ3n) is 6.15. The number of nitrogens with zero attached hydrogens (tertiary/aromatic N) is 4. The molecular weight excluding hydrogens is 336 g/mol. The predicted octanol–water partition coefficient (Wildman–Crippen LogP) is 4.16. The van der Waals surface area contributed by atoms with Gasteiger partial charge in [0.15, 0.2) is 0 Å². The average molecular weight is 362 g/mol. The standard InChI is InChI=1S/C22H26N4O/c1-14(2)26-21-5-3-4-19(20(21)13-24-26)22(27)25(17-8-9-17)18-7-6-15-11-23-12-16(15)10-18/h3-5,12-14,17-18H,6-11H2,1-2H3. The van der Waals surface area contributed by atoms with Crippen LogP contribution in [0.1, 0.15) is 62.4 Å². The zero-order valence-corrected chi connectivity index (χ0v) is 16.1. The lowest BCUT2D eigenvalue weighted by atomic mass is 9.88. The third kappa shape index (κ3) is 2.80. The Morgan fingerprint density at radius 1 is 1.22 bits per heavy atom. The molecule has 1 aliphatic heterocycles. The molecule has 140 valence electrons. The summed E-state index contributed by atoms with van der Waals surface area (Å²) in [5.74, 6) is 0.176. The summed E-state index contributed by atoms with van der Waals surface area (Å²) >= 11 is 0. The number of hydrogen-bond acceptors (Lipinski definition) is 3. The maximum absolute atomic E-state index is 13.7. The van der Waals surface area contributed by atoms with E-state index < -0.39 is 0 Å². The molecular formula is C22H26N4O. The lowest BCUT2D eigenvalue weighted by Gasteiger charge is -2.35. The fourth-order valence-corrected chi connectivity index (χ4v) is 4.62. The average Bonchev–Trinajstić information content (AvgIpc) is 3.21. The number of aliphatic imine (C=N–C) groups is 1. The van der Waals surface area contributed by atoms with Crippen LogP contribution in [0.15, 0.2) is 40.5 Å². The van der Waals surface area contributed by atoms with Gasteiger partial charge in [-0.3, -0.25) is 14.5 Å². The molecule has 0 spiro atoms. The number of aromatic nitrogens is 2. The molecule has 5 heteroatoms. The zero-order chi connectivity index (χ0) is 18.5. The summed E-state index contributed by atoms with van der Waals surface area (Å²) < 4.78 is 2.00. The van der Waals surface area contributed by atoms with Crippen molar-refractivity contribution in [2.45, 2.75) is 64.1 Å². The number of carbonyl (C=O) groups is 1. The van der Waals surface area contributed by atoms with Gasteiger partial charge in [0.05, 0.1) is 23.8 Å². The molecule has 1 saturated carbocycles. The molecule has 0 bridgehead atoms. The molecule has 2 aromatic rings. The summed E-state index contributed by atoms with van der Waals surface area (Å²) in [4.78, 5) is 20.3. The molecule has 0 N–H and O–H groups in total.